The summed E-state index contributed by atoms with van der Waals surface area (Å²) in [5.41, 5.74) is 0. The molecule has 0 aromatic heterocycles. The minimum atomic E-state index is -4.01. The van der Waals surface area contributed by atoms with E-state index in [1.54, 1.807) is 19.2 Å². The zero-order valence-electron chi connectivity index (χ0n) is 11.3. The van der Waals surface area contributed by atoms with Crippen molar-refractivity contribution >= 4 is 11.9 Å². The van der Waals surface area contributed by atoms with Gasteiger partial charge in [0.25, 0.3) is 0 Å². The van der Waals surface area contributed by atoms with Crippen LogP contribution in [0.1, 0.15) is 34.1 Å². The number of ether oxygens (including phenoxy) is 1. The number of rotatable bonds is 6. The smallest absolute Gasteiger partial charge is 0.436 e. The predicted molar refractivity (Wildman–Crippen MR) is 62.3 cm³/mol. The maximum Gasteiger partial charge on any atom is 0.436 e. The number of nitrogens with one attached hydrogen (secondary N) is 1. The topological polar surface area (TPSA) is 75.6 Å². The Morgan fingerprint density at radius 2 is 1.78 bits per heavy atom. The van der Waals surface area contributed by atoms with Crippen molar-refractivity contribution < 1.29 is 28.2 Å². The monoisotopic (exact) mass is 269 g/mol. The molecule has 1 amide bonds. The number of methoxy groups -OCH3 is 1. The molecule has 0 bridgehead atoms. The van der Waals surface area contributed by atoms with E-state index in [9.17, 15) is 18.4 Å². The van der Waals surface area contributed by atoms with Gasteiger partial charge in [0.2, 0.25) is 0 Å². The molecule has 0 heterocycles. The molecule has 108 valence electrons. The van der Waals surface area contributed by atoms with Gasteiger partial charge >= 0.3 is 18.0 Å². The first kappa shape index (κ1) is 19.1. The Labute approximate surface area is 106 Å². The summed E-state index contributed by atoms with van der Waals surface area (Å²) in [5, 5.41) is 10.4. The summed E-state index contributed by atoms with van der Waals surface area (Å²) in [5.74, 6) is -3.14. The van der Waals surface area contributed by atoms with E-state index in [1.807, 2.05) is 13.8 Å². The lowest BCUT2D eigenvalue weighted by Gasteiger charge is -2.19. The van der Waals surface area contributed by atoms with Crippen molar-refractivity contribution in [2.75, 3.05) is 7.11 Å². The maximum atomic E-state index is 12.7. The van der Waals surface area contributed by atoms with Gasteiger partial charge in [-0.1, -0.05) is 27.7 Å². The number of carbonyl (C=O) groups is 2. The van der Waals surface area contributed by atoms with E-state index in [4.69, 9.17) is 5.11 Å². The maximum absolute atomic E-state index is 12.7. The van der Waals surface area contributed by atoms with E-state index in [0.29, 0.717) is 7.11 Å². The van der Waals surface area contributed by atoms with E-state index in [0.717, 1.165) is 0 Å². The van der Waals surface area contributed by atoms with Crippen LogP contribution in [0.2, 0.25) is 0 Å². The SMILES string of the molecule is CC.COC(F)(F)C(=O)NC(CC(C)C)C(=O)O. The molecule has 0 aliphatic rings. The number of alkyl halides is 2. The van der Waals surface area contributed by atoms with Crippen LogP contribution in [0.4, 0.5) is 8.78 Å². The molecule has 0 spiro atoms. The lowest BCUT2D eigenvalue weighted by Crippen LogP contribution is -2.49. The summed E-state index contributed by atoms with van der Waals surface area (Å²) in [7, 11) is 0.664. The van der Waals surface area contributed by atoms with Crippen LogP contribution in [0, 0.1) is 5.92 Å². The molecule has 0 aliphatic carbocycles. The third-order valence-corrected chi connectivity index (χ3v) is 1.83. The molecule has 1 atom stereocenters. The van der Waals surface area contributed by atoms with Gasteiger partial charge in [0, 0.05) is 7.11 Å². The average molecular weight is 269 g/mol. The third-order valence-electron chi connectivity index (χ3n) is 1.83. The van der Waals surface area contributed by atoms with Crippen molar-refractivity contribution in [1.82, 2.24) is 5.32 Å². The van der Waals surface area contributed by atoms with Crippen LogP contribution in [0.25, 0.3) is 0 Å². The van der Waals surface area contributed by atoms with Crippen LogP contribution < -0.4 is 5.32 Å². The molecule has 1 unspecified atom stereocenters. The number of hydrogen-bond donors (Lipinski definition) is 2. The molecule has 18 heavy (non-hydrogen) atoms. The summed E-state index contributed by atoms with van der Waals surface area (Å²) < 4.78 is 29.0. The van der Waals surface area contributed by atoms with Crippen LogP contribution in [-0.4, -0.2) is 36.2 Å². The van der Waals surface area contributed by atoms with E-state index in [-0.39, 0.29) is 12.3 Å². The van der Waals surface area contributed by atoms with Gasteiger partial charge in [-0.2, -0.15) is 8.78 Å². The second kappa shape index (κ2) is 8.79. The van der Waals surface area contributed by atoms with E-state index < -0.39 is 24.0 Å². The van der Waals surface area contributed by atoms with Crippen LogP contribution in [0.3, 0.4) is 0 Å². The van der Waals surface area contributed by atoms with Gasteiger partial charge in [0.15, 0.2) is 0 Å². The third kappa shape index (κ3) is 7.16. The zero-order chi connectivity index (χ0) is 14.9. The first-order valence-electron chi connectivity index (χ1n) is 5.67. The largest absolute Gasteiger partial charge is 0.480 e. The molecular weight excluding hydrogens is 248 g/mol. The highest BCUT2D eigenvalue weighted by Gasteiger charge is 2.41. The zero-order valence-corrected chi connectivity index (χ0v) is 11.3. The van der Waals surface area contributed by atoms with Crippen molar-refractivity contribution in [3.63, 3.8) is 0 Å². The Bertz CT molecular complexity index is 270. The van der Waals surface area contributed by atoms with Crippen LogP contribution in [-0.2, 0) is 14.3 Å². The van der Waals surface area contributed by atoms with E-state index in [2.05, 4.69) is 4.74 Å². The van der Waals surface area contributed by atoms with Crippen molar-refractivity contribution in [3.8, 4) is 0 Å². The second-order valence-corrected chi connectivity index (χ2v) is 3.71. The fraction of sp³-hybridized carbons (Fsp3) is 0.818. The normalized spacial score (nSPS) is 12.4. The number of amides is 1. The highest BCUT2D eigenvalue weighted by Crippen LogP contribution is 2.15. The summed E-state index contributed by atoms with van der Waals surface area (Å²) in [6.45, 7) is 7.44. The van der Waals surface area contributed by atoms with E-state index >= 15 is 0 Å². The minimum absolute atomic E-state index is 0.0439. The van der Waals surface area contributed by atoms with Crippen LogP contribution in [0.5, 0.6) is 0 Å². The Morgan fingerprint density at radius 3 is 2.06 bits per heavy atom. The lowest BCUT2D eigenvalue weighted by molar-refractivity contribution is -0.219. The first-order chi connectivity index (χ1) is 8.20. The molecule has 5 nitrogen and oxygen atoms in total. The Hall–Kier alpha value is -1.24. The Kier molecular flexibility index (Phi) is 9.33. The minimum Gasteiger partial charge on any atom is -0.480 e. The van der Waals surface area contributed by atoms with Gasteiger partial charge in [-0.25, -0.2) is 4.79 Å². The molecule has 0 rings (SSSR count). The highest BCUT2D eigenvalue weighted by molar-refractivity contribution is 5.87. The standard InChI is InChI=1S/C9H15F2NO4.C2H6/c1-5(2)4-6(7(13)14)12-8(15)9(10,11)16-3;1-2/h5-6H,4H2,1-3H3,(H,12,15)(H,13,14);1-2H3. The van der Waals surface area contributed by atoms with Crippen molar-refractivity contribution in [3.05, 3.63) is 0 Å². The van der Waals surface area contributed by atoms with Gasteiger partial charge in [-0.3, -0.25) is 4.79 Å². The summed E-state index contributed by atoms with van der Waals surface area (Å²) in [6.07, 6.45) is -3.94. The summed E-state index contributed by atoms with van der Waals surface area (Å²) in [6, 6.07) is -1.34. The van der Waals surface area contributed by atoms with E-state index in [1.165, 1.54) is 0 Å². The molecular formula is C11H21F2NO4. The summed E-state index contributed by atoms with van der Waals surface area (Å²) >= 11 is 0. The number of aliphatic carboxylic acids is 1. The first-order valence-corrected chi connectivity index (χ1v) is 5.67. The number of hydrogen-bond acceptors (Lipinski definition) is 3. The van der Waals surface area contributed by atoms with Crippen molar-refractivity contribution in [1.29, 1.82) is 0 Å². The molecule has 7 heteroatoms. The summed E-state index contributed by atoms with van der Waals surface area (Å²) in [4.78, 5) is 21.6. The van der Waals surface area contributed by atoms with Gasteiger partial charge in [0.05, 0.1) is 0 Å². The fourth-order valence-electron chi connectivity index (χ4n) is 1.03. The molecule has 0 saturated carbocycles. The second-order valence-electron chi connectivity index (χ2n) is 3.71. The number of halogens is 2. The van der Waals surface area contributed by atoms with Crippen molar-refractivity contribution in [2.24, 2.45) is 5.92 Å². The molecule has 2 N–H and O–H groups in total. The molecule has 0 aromatic rings. The van der Waals surface area contributed by atoms with Gasteiger partial charge in [0.1, 0.15) is 6.04 Å². The van der Waals surface area contributed by atoms with Crippen LogP contribution >= 0.6 is 0 Å². The van der Waals surface area contributed by atoms with Crippen molar-refractivity contribution in [2.45, 2.75) is 46.3 Å². The highest BCUT2D eigenvalue weighted by atomic mass is 19.3. The van der Waals surface area contributed by atoms with Gasteiger partial charge in [-0.05, 0) is 12.3 Å². The van der Waals surface area contributed by atoms with Crippen LogP contribution in [0.15, 0.2) is 0 Å². The molecule has 0 fully saturated rings. The number of carboxylic acids is 1. The Balaban J connectivity index is 0. The molecule has 0 saturated heterocycles. The molecule has 0 radical (unpaired) electrons. The lowest BCUT2D eigenvalue weighted by atomic mass is 10.0. The van der Waals surface area contributed by atoms with Gasteiger partial charge < -0.3 is 15.2 Å². The molecule has 0 aliphatic heterocycles. The molecule has 0 aromatic carbocycles. The quantitative estimate of drug-likeness (QED) is 0.771. The average Bonchev–Trinajstić information content (AvgIpc) is 2.29. The number of carbonyl (C=O) groups excluding carboxylic acids is 1. The van der Waals surface area contributed by atoms with Gasteiger partial charge in [-0.15, -0.1) is 0 Å². The number of carboxylic acid groups (broad SMARTS) is 1. The fourth-order valence-corrected chi connectivity index (χ4v) is 1.03. The Morgan fingerprint density at radius 1 is 1.33 bits per heavy atom. The predicted octanol–water partition coefficient (Wildman–Crippen LogP) is 1.87.